The molecule has 4 nitrogen and oxygen atoms in total. The Kier molecular flexibility index (Phi) is 7.04. The molecule has 0 amide bonds. The summed E-state index contributed by atoms with van der Waals surface area (Å²) in [5, 5.41) is 10.8. The van der Waals surface area contributed by atoms with Gasteiger partial charge in [0.25, 0.3) is 0 Å². The molecule has 0 atom stereocenters. The standard InChI is InChI=1S/C35H34N2O2/c38-34(39)33-26-28-12-10-11-19-32(28)37(33)25-22-27-20-23-36(24-21-27)35(29-13-4-1-5-14-29,30-15-6-2-7-16-30)31-17-8-3-9-18-31/h1-19,26-27H,20-25H2,(H,38,39). The fraction of sp³-hybridized carbons (Fsp3) is 0.229. The van der Waals surface area contributed by atoms with Crippen LogP contribution in [-0.4, -0.2) is 33.6 Å². The van der Waals surface area contributed by atoms with E-state index in [2.05, 4.69) is 95.9 Å². The number of likely N-dealkylation sites (tertiary alicyclic amines) is 1. The van der Waals surface area contributed by atoms with Crippen LogP contribution in [-0.2, 0) is 12.1 Å². The lowest BCUT2D eigenvalue weighted by atomic mass is 9.74. The van der Waals surface area contributed by atoms with Crippen molar-refractivity contribution in [1.82, 2.24) is 9.47 Å². The number of para-hydroxylation sites is 1. The van der Waals surface area contributed by atoms with Gasteiger partial charge in [0, 0.05) is 17.4 Å². The molecule has 0 radical (unpaired) electrons. The molecule has 0 unspecified atom stereocenters. The van der Waals surface area contributed by atoms with Crippen LogP contribution in [0.2, 0.25) is 0 Å². The van der Waals surface area contributed by atoms with Crippen LogP contribution in [0.4, 0.5) is 0 Å². The van der Waals surface area contributed by atoms with Crippen LogP contribution in [0.15, 0.2) is 121 Å². The van der Waals surface area contributed by atoms with Gasteiger partial charge in [-0.25, -0.2) is 4.79 Å². The van der Waals surface area contributed by atoms with Gasteiger partial charge in [-0.15, -0.1) is 0 Å². The topological polar surface area (TPSA) is 45.5 Å². The molecule has 0 spiro atoms. The highest BCUT2D eigenvalue weighted by atomic mass is 16.4. The minimum Gasteiger partial charge on any atom is -0.477 e. The number of piperidine rings is 1. The minimum absolute atomic E-state index is 0.373. The molecule has 4 aromatic carbocycles. The van der Waals surface area contributed by atoms with Crippen molar-refractivity contribution in [2.45, 2.75) is 31.3 Å². The number of nitrogens with zero attached hydrogens (tertiary/aromatic N) is 2. The molecule has 1 fully saturated rings. The Morgan fingerprint density at radius 2 is 1.21 bits per heavy atom. The first-order chi connectivity index (χ1) is 19.2. The van der Waals surface area contributed by atoms with E-state index < -0.39 is 5.97 Å². The maximum atomic E-state index is 12.0. The van der Waals surface area contributed by atoms with Crippen LogP contribution in [0, 0.1) is 5.92 Å². The van der Waals surface area contributed by atoms with Crippen molar-refractivity contribution in [3.8, 4) is 0 Å². The Labute approximate surface area is 230 Å². The van der Waals surface area contributed by atoms with Gasteiger partial charge in [0.1, 0.15) is 5.69 Å². The largest absolute Gasteiger partial charge is 0.477 e. The zero-order chi connectivity index (χ0) is 26.7. The molecule has 1 aliphatic rings. The van der Waals surface area contributed by atoms with E-state index in [0.29, 0.717) is 11.6 Å². The second-order valence-electron chi connectivity index (χ2n) is 10.6. The summed E-state index contributed by atoms with van der Waals surface area (Å²) in [5.74, 6) is -0.316. The van der Waals surface area contributed by atoms with Crippen molar-refractivity contribution in [2.24, 2.45) is 5.92 Å². The van der Waals surface area contributed by atoms with Gasteiger partial charge in [-0.3, -0.25) is 4.90 Å². The number of hydrogen-bond acceptors (Lipinski definition) is 2. The Morgan fingerprint density at radius 3 is 1.72 bits per heavy atom. The van der Waals surface area contributed by atoms with E-state index in [0.717, 1.165) is 49.8 Å². The maximum absolute atomic E-state index is 12.0. The summed E-state index contributed by atoms with van der Waals surface area (Å²) in [4.78, 5) is 14.6. The number of hydrogen-bond donors (Lipinski definition) is 1. The number of carbonyl (C=O) groups is 1. The smallest absolute Gasteiger partial charge is 0.352 e. The lowest BCUT2D eigenvalue weighted by molar-refractivity contribution is 0.0683. The van der Waals surface area contributed by atoms with Gasteiger partial charge in [-0.05, 0) is 67.1 Å². The highest BCUT2D eigenvalue weighted by Gasteiger charge is 2.43. The first-order valence-corrected chi connectivity index (χ1v) is 13.9. The highest BCUT2D eigenvalue weighted by Crippen LogP contribution is 2.44. The summed E-state index contributed by atoms with van der Waals surface area (Å²) in [7, 11) is 0. The molecule has 5 aromatic rings. The second-order valence-corrected chi connectivity index (χ2v) is 10.6. The van der Waals surface area contributed by atoms with Gasteiger partial charge in [0.05, 0.1) is 5.54 Å². The summed E-state index contributed by atoms with van der Waals surface area (Å²) in [6.07, 6.45) is 3.13. The molecule has 0 saturated carbocycles. The van der Waals surface area contributed by atoms with Crippen molar-refractivity contribution in [3.05, 3.63) is 144 Å². The third-order valence-electron chi connectivity index (χ3n) is 8.45. The van der Waals surface area contributed by atoms with Gasteiger partial charge in [-0.1, -0.05) is 109 Å². The molecule has 196 valence electrons. The fourth-order valence-electron chi connectivity index (χ4n) is 6.58. The molecule has 39 heavy (non-hydrogen) atoms. The summed E-state index contributed by atoms with van der Waals surface area (Å²) in [6.45, 7) is 2.67. The first-order valence-electron chi connectivity index (χ1n) is 13.9. The van der Waals surface area contributed by atoms with Crippen molar-refractivity contribution in [3.63, 3.8) is 0 Å². The Balaban J connectivity index is 1.29. The minimum atomic E-state index is -0.862. The van der Waals surface area contributed by atoms with Gasteiger partial charge in [-0.2, -0.15) is 0 Å². The van der Waals surface area contributed by atoms with Gasteiger partial charge >= 0.3 is 5.97 Å². The summed E-state index contributed by atoms with van der Waals surface area (Å²) >= 11 is 0. The van der Waals surface area contributed by atoms with Gasteiger partial charge in [0.2, 0.25) is 0 Å². The first kappa shape index (κ1) is 25.1. The molecule has 0 bridgehead atoms. The maximum Gasteiger partial charge on any atom is 0.352 e. The summed E-state index contributed by atoms with van der Waals surface area (Å²) < 4.78 is 1.99. The second kappa shape index (κ2) is 10.9. The van der Waals surface area contributed by atoms with Crippen molar-refractivity contribution in [1.29, 1.82) is 0 Å². The number of carboxylic acid groups (broad SMARTS) is 1. The lowest BCUT2D eigenvalue weighted by Crippen LogP contribution is -2.51. The number of aryl methyl sites for hydroxylation is 1. The zero-order valence-corrected chi connectivity index (χ0v) is 22.1. The Morgan fingerprint density at radius 1 is 0.718 bits per heavy atom. The molecular formula is C35H34N2O2. The van der Waals surface area contributed by atoms with E-state index >= 15 is 0 Å². The van der Waals surface area contributed by atoms with E-state index in [1.807, 2.05) is 28.8 Å². The molecular weight excluding hydrogens is 480 g/mol. The molecule has 1 aliphatic heterocycles. The number of carboxylic acids is 1. The number of fused-ring (bicyclic) bond motifs is 1. The molecule has 1 aromatic heterocycles. The average Bonchev–Trinajstić information content (AvgIpc) is 3.38. The van der Waals surface area contributed by atoms with Gasteiger partial charge in [0.15, 0.2) is 0 Å². The van der Waals surface area contributed by atoms with Crippen LogP contribution < -0.4 is 0 Å². The monoisotopic (exact) mass is 514 g/mol. The van der Waals surface area contributed by atoms with Crippen LogP contribution in [0.5, 0.6) is 0 Å². The predicted molar refractivity (Wildman–Crippen MR) is 157 cm³/mol. The zero-order valence-electron chi connectivity index (χ0n) is 22.1. The van der Waals surface area contributed by atoms with Crippen LogP contribution in [0.25, 0.3) is 10.9 Å². The fourth-order valence-corrected chi connectivity index (χ4v) is 6.58. The number of aromatic nitrogens is 1. The molecule has 4 heteroatoms. The average molecular weight is 515 g/mol. The third-order valence-corrected chi connectivity index (χ3v) is 8.45. The SMILES string of the molecule is O=C(O)c1cc2ccccc2n1CCC1CCN(C(c2ccccc2)(c2ccccc2)c2ccccc2)CC1. The van der Waals surface area contributed by atoms with E-state index in [1.54, 1.807) is 6.07 Å². The van der Waals surface area contributed by atoms with Crippen LogP contribution >= 0.6 is 0 Å². The predicted octanol–water partition coefficient (Wildman–Crippen LogP) is 7.43. The van der Waals surface area contributed by atoms with E-state index in [-0.39, 0.29) is 5.54 Å². The van der Waals surface area contributed by atoms with Crippen molar-refractivity contribution in [2.75, 3.05) is 13.1 Å². The normalized spacial score (nSPS) is 15.0. The molecule has 1 saturated heterocycles. The third kappa shape index (κ3) is 4.66. The van der Waals surface area contributed by atoms with E-state index in [4.69, 9.17) is 0 Å². The van der Waals surface area contributed by atoms with Crippen molar-refractivity contribution >= 4 is 16.9 Å². The number of aromatic carboxylic acids is 1. The summed E-state index contributed by atoms with van der Waals surface area (Å²) in [5.41, 5.74) is 4.86. The van der Waals surface area contributed by atoms with E-state index in [1.165, 1.54) is 16.7 Å². The molecule has 0 aliphatic carbocycles. The van der Waals surface area contributed by atoms with E-state index in [9.17, 15) is 9.90 Å². The number of benzene rings is 4. The highest BCUT2D eigenvalue weighted by molar-refractivity contribution is 5.94. The van der Waals surface area contributed by atoms with Crippen molar-refractivity contribution < 1.29 is 9.90 Å². The van der Waals surface area contributed by atoms with Crippen LogP contribution in [0.3, 0.4) is 0 Å². The quantitative estimate of drug-likeness (QED) is 0.219. The summed E-state index contributed by atoms with van der Waals surface area (Å²) in [6, 6.07) is 42.5. The lowest BCUT2D eigenvalue weighted by Gasteiger charge is -2.48. The van der Waals surface area contributed by atoms with Gasteiger partial charge < -0.3 is 9.67 Å². The molecule has 2 heterocycles. The molecule has 6 rings (SSSR count). The number of rotatable bonds is 8. The Bertz CT molecular complexity index is 1440. The van der Waals surface area contributed by atoms with Crippen LogP contribution in [0.1, 0.15) is 46.4 Å². The Hall–Kier alpha value is -4.15. The molecule has 1 N–H and O–H groups in total.